The Morgan fingerprint density at radius 3 is 2.63 bits per heavy atom. The molecule has 1 saturated carbocycles. The first kappa shape index (κ1) is 14.8. The van der Waals surface area contributed by atoms with Crippen molar-refractivity contribution >= 4 is 5.97 Å². The summed E-state index contributed by atoms with van der Waals surface area (Å²) >= 11 is 0. The number of carbonyl (C=O) groups is 1. The molecule has 1 unspecified atom stereocenters. The maximum Gasteiger partial charge on any atom is 0.320 e. The number of ether oxygens (including phenoxy) is 2. The standard InChI is InChI=1S/C15H27NO3/c1-14(2,3)19-13(17)11-16-12-5-4-6-15(12)7-9-18-10-8-15/h12,16H,4-11H2,1-3H3. The van der Waals surface area contributed by atoms with Gasteiger partial charge in [0.15, 0.2) is 0 Å². The molecule has 0 aromatic rings. The molecule has 110 valence electrons. The lowest BCUT2D eigenvalue weighted by molar-refractivity contribution is -0.154. The Hall–Kier alpha value is -0.610. The smallest absolute Gasteiger partial charge is 0.320 e. The molecule has 0 amide bonds. The third kappa shape index (κ3) is 3.93. The van der Waals surface area contributed by atoms with Gasteiger partial charge < -0.3 is 14.8 Å². The zero-order valence-electron chi connectivity index (χ0n) is 12.5. The summed E-state index contributed by atoms with van der Waals surface area (Å²) in [5.41, 5.74) is -0.0366. The number of rotatable bonds is 3. The van der Waals surface area contributed by atoms with E-state index < -0.39 is 5.60 Å². The molecule has 0 aromatic carbocycles. The molecule has 0 bridgehead atoms. The minimum Gasteiger partial charge on any atom is -0.459 e. The summed E-state index contributed by atoms with van der Waals surface area (Å²) < 4.78 is 10.8. The molecular formula is C15H27NO3. The van der Waals surface area contributed by atoms with Gasteiger partial charge in [-0.3, -0.25) is 4.79 Å². The van der Waals surface area contributed by atoms with E-state index in [0.717, 1.165) is 26.1 Å². The Morgan fingerprint density at radius 2 is 2.00 bits per heavy atom. The first-order valence-electron chi connectivity index (χ1n) is 7.44. The molecule has 1 N–H and O–H groups in total. The van der Waals surface area contributed by atoms with Crippen molar-refractivity contribution in [3.8, 4) is 0 Å². The lowest BCUT2D eigenvalue weighted by Crippen LogP contribution is -2.47. The monoisotopic (exact) mass is 269 g/mol. The predicted octanol–water partition coefficient (Wildman–Crippen LogP) is 2.27. The van der Waals surface area contributed by atoms with Gasteiger partial charge in [0, 0.05) is 19.3 Å². The minimum atomic E-state index is -0.398. The molecule has 4 nitrogen and oxygen atoms in total. The highest BCUT2D eigenvalue weighted by atomic mass is 16.6. The van der Waals surface area contributed by atoms with Crippen LogP contribution < -0.4 is 5.32 Å². The second kappa shape index (κ2) is 5.80. The average molecular weight is 269 g/mol. The topological polar surface area (TPSA) is 47.6 Å². The maximum absolute atomic E-state index is 11.8. The molecule has 2 fully saturated rings. The molecule has 1 aliphatic heterocycles. The van der Waals surface area contributed by atoms with Crippen LogP contribution >= 0.6 is 0 Å². The first-order valence-corrected chi connectivity index (χ1v) is 7.44. The number of hydrogen-bond donors (Lipinski definition) is 1. The van der Waals surface area contributed by atoms with Crippen molar-refractivity contribution in [3.63, 3.8) is 0 Å². The average Bonchev–Trinajstić information content (AvgIpc) is 2.68. The van der Waals surface area contributed by atoms with E-state index in [1.807, 2.05) is 20.8 Å². The summed E-state index contributed by atoms with van der Waals surface area (Å²) in [6.45, 7) is 7.76. The van der Waals surface area contributed by atoms with Crippen LogP contribution in [-0.2, 0) is 14.3 Å². The van der Waals surface area contributed by atoms with Crippen LogP contribution in [0.3, 0.4) is 0 Å². The zero-order chi connectivity index (χ0) is 13.9. The van der Waals surface area contributed by atoms with E-state index in [9.17, 15) is 4.79 Å². The highest BCUT2D eigenvalue weighted by Crippen LogP contribution is 2.45. The van der Waals surface area contributed by atoms with Gasteiger partial charge in [-0.2, -0.15) is 0 Å². The summed E-state index contributed by atoms with van der Waals surface area (Å²) in [5.74, 6) is -0.151. The van der Waals surface area contributed by atoms with Crippen molar-refractivity contribution in [2.45, 2.75) is 64.5 Å². The molecule has 2 aliphatic rings. The van der Waals surface area contributed by atoms with Crippen LogP contribution in [0, 0.1) is 5.41 Å². The summed E-state index contributed by atoms with van der Waals surface area (Å²) in [7, 11) is 0. The Balaban J connectivity index is 1.83. The van der Waals surface area contributed by atoms with Crippen molar-refractivity contribution in [1.82, 2.24) is 5.32 Å². The van der Waals surface area contributed by atoms with E-state index in [2.05, 4.69) is 5.32 Å². The van der Waals surface area contributed by atoms with Gasteiger partial charge in [0.25, 0.3) is 0 Å². The van der Waals surface area contributed by atoms with E-state index in [0.29, 0.717) is 18.0 Å². The van der Waals surface area contributed by atoms with Crippen LogP contribution in [0.1, 0.15) is 52.9 Å². The molecule has 0 radical (unpaired) electrons. The Labute approximate surface area is 116 Å². The number of esters is 1. The van der Waals surface area contributed by atoms with Crippen molar-refractivity contribution in [3.05, 3.63) is 0 Å². The lowest BCUT2D eigenvalue weighted by atomic mass is 9.75. The normalized spacial score (nSPS) is 26.6. The second-order valence-electron chi connectivity index (χ2n) is 6.89. The van der Waals surface area contributed by atoms with E-state index in [4.69, 9.17) is 9.47 Å². The van der Waals surface area contributed by atoms with Crippen molar-refractivity contribution in [2.75, 3.05) is 19.8 Å². The van der Waals surface area contributed by atoms with Crippen LogP contribution in [0.4, 0.5) is 0 Å². The van der Waals surface area contributed by atoms with Gasteiger partial charge in [0.2, 0.25) is 0 Å². The SMILES string of the molecule is CC(C)(C)OC(=O)CNC1CCCC12CCOCC2. The zero-order valence-corrected chi connectivity index (χ0v) is 12.5. The van der Waals surface area contributed by atoms with Gasteiger partial charge in [0.1, 0.15) is 5.60 Å². The fourth-order valence-electron chi connectivity index (χ4n) is 3.42. The fraction of sp³-hybridized carbons (Fsp3) is 0.933. The molecule has 1 heterocycles. The number of nitrogens with one attached hydrogen (secondary N) is 1. The lowest BCUT2D eigenvalue weighted by Gasteiger charge is -2.39. The van der Waals surface area contributed by atoms with Crippen LogP contribution in [0.2, 0.25) is 0 Å². The molecule has 1 aliphatic carbocycles. The molecule has 0 aromatic heterocycles. The second-order valence-corrected chi connectivity index (χ2v) is 6.89. The van der Waals surface area contributed by atoms with Crippen LogP contribution in [0.5, 0.6) is 0 Å². The van der Waals surface area contributed by atoms with Gasteiger partial charge in [-0.1, -0.05) is 6.42 Å². The molecule has 4 heteroatoms. The first-order chi connectivity index (χ1) is 8.91. The van der Waals surface area contributed by atoms with Crippen molar-refractivity contribution in [2.24, 2.45) is 5.41 Å². The molecular weight excluding hydrogens is 242 g/mol. The third-order valence-electron chi connectivity index (χ3n) is 4.31. The predicted molar refractivity (Wildman–Crippen MR) is 74.0 cm³/mol. The molecule has 1 saturated heterocycles. The Bertz CT molecular complexity index is 316. The van der Waals surface area contributed by atoms with Crippen LogP contribution in [0.15, 0.2) is 0 Å². The van der Waals surface area contributed by atoms with Gasteiger partial charge in [-0.05, 0) is 51.9 Å². The van der Waals surface area contributed by atoms with E-state index in [-0.39, 0.29) is 5.97 Å². The van der Waals surface area contributed by atoms with Gasteiger partial charge in [-0.15, -0.1) is 0 Å². The fourth-order valence-corrected chi connectivity index (χ4v) is 3.42. The van der Waals surface area contributed by atoms with Gasteiger partial charge in [0.05, 0.1) is 6.54 Å². The molecule has 2 rings (SSSR count). The quantitative estimate of drug-likeness (QED) is 0.798. The van der Waals surface area contributed by atoms with Crippen molar-refractivity contribution < 1.29 is 14.3 Å². The number of carbonyl (C=O) groups excluding carboxylic acids is 1. The molecule has 1 atom stereocenters. The molecule has 19 heavy (non-hydrogen) atoms. The Kier molecular flexibility index (Phi) is 4.51. The molecule has 1 spiro atoms. The van der Waals surface area contributed by atoms with E-state index in [1.165, 1.54) is 19.3 Å². The van der Waals surface area contributed by atoms with E-state index in [1.54, 1.807) is 0 Å². The van der Waals surface area contributed by atoms with Gasteiger partial charge >= 0.3 is 5.97 Å². The summed E-state index contributed by atoms with van der Waals surface area (Å²) in [6, 6.07) is 0.448. The van der Waals surface area contributed by atoms with Gasteiger partial charge in [-0.25, -0.2) is 0 Å². The summed E-state index contributed by atoms with van der Waals surface area (Å²) in [6.07, 6.45) is 5.94. The largest absolute Gasteiger partial charge is 0.459 e. The third-order valence-corrected chi connectivity index (χ3v) is 4.31. The van der Waals surface area contributed by atoms with Crippen LogP contribution in [-0.4, -0.2) is 37.4 Å². The highest BCUT2D eigenvalue weighted by molar-refractivity contribution is 5.72. The van der Waals surface area contributed by atoms with E-state index >= 15 is 0 Å². The maximum atomic E-state index is 11.8. The van der Waals surface area contributed by atoms with Crippen LogP contribution in [0.25, 0.3) is 0 Å². The Morgan fingerprint density at radius 1 is 1.32 bits per heavy atom. The number of hydrogen-bond acceptors (Lipinski definition) is 4. The summed E-state index contributed by atoms with van der Waals surface area (Å²) in [5, 5.41) is 3.43. The summed E-state index contributed by atoms with van der Waals surface area (Å²) in [4.78, 5) is 11.8. The minimum absolute atomic E-state index is 0.151. The van der Waals surface area contributed by atoms with Crippen molar-refractivity contribution in [1.29, 1.82) is 0 Å². The highest BCUT2D eigenvalue weighted by Gasteiger charge is 2.43.